The van der Waals surface area contributed by atoms with Gasteiger partial charge in [0.05, 0.1) is 16.7 Å². The van der Waals surface area contributed by atoms with Gasteiger partial charge in [-0.25, -0.2) is 0 Å². The lowest BCUT2D eigenvalue weighted by atomic mass is 9.79. The summed E-state index contributed by atoms with van der Waals surface area (Å²) in [5.41, 5.74) is 20.8. The Morgan fingerprint density at radius 2 is 1.12 bits per heavy atom. The van der Waals surface area contributed by atoms with Crippen LogP contribution in [0.4, 0.5) is 0 Å². The molecule has 1 aliphatic rings. The van der Waals surface area contributed by atoms with Crippen LogP contribution in [0.25, 0.3) is 116 Å². The fraction of sp³-hybridized carbons (Fsp3) is 0.0820. The van der Waals surface area contributed by atoms with Crippen molar-refractivity contribution in [2.24, 2.45) is 0 Å². The number of para-hydroxylation sites is 2. The molecule has 3 heterocycles. The van der Waals surface area contributed by atoms with Crippen molar-refractivity contribution in [2.75, 3.05) is 0 Å². The molecular formula is C61H43N3. The first-order valence-electron chi connectivity index (χ1n) is 22.3. The maximum atomic E-state index is 4.83. The smallest absolute Gasteiger partial charge is 0.0717 e. The summed E-state index contributed by atoms with van der Waals surface area (Å²) >= 11 is 0. The molecule has 0 spiro atoms. The number of pyridine rings is 2. The summed E-state index contributed by atoms with van der Waals surface area (Å²) in [5, 5.41) is 10.5. The van der Waals surface area contributed by atoms with Crippen molar-refractivity contribution in [3.05, 3.63) is 211 Å². The largest absolute Gasteiger partial charge is 0.309 e. The van der Waals surface area contributed by atoms with Gasteiger partial charge in [0.1, 0.15) is 0 Å². The summed E-state index contributed by atoms with van der Waals surface area (Å²) < 4.78 is 2.38. The minimum absolute atomic E-state index is 0.168. The Morgan fingerprint density at radius 3 is 1.89 bits per heavy atom. The van der Waals surface area contributed by atoms with E-state index in [4.69, 9.17) is 4.98 Å². The molecule has 3 aromatic heterocycles. The molecule has 0 N–H and O–H groups in total. The van der Waals surface area contributed by atoms with Gasteiger partial charge in [0.25, 0.3) is 0 Å². The van der Waals surface area contributed by atoms with Gasteiger partial charge in [-0.05, 0) is 168 Å². The van der Waals surface area contributed by atoms with Crippen LogP contribution in [0.3, 0.4) is 0 Å². The van der Waals surface area contributed by atoms with Crippen molar-refractivity contribution in [3.63, 3.8) is 0 Å². The molecule has 1 aliphatic carbocycles. The molecule has 0 unspecified atom stereocenters. The summed E-state index contributed by atoms with van der Waals surface area (Å²) in [6, 6.07) is 63.2. The predicted molar refractivity (Wildman–Crippen MR) is 269 cm³/mol. The van der Waals surface area contributed by atoms with E-state index in [0.717, 1.165) is 16.8 Å². The number of benzene rings is 9. The van der Waals surface area contributed by atoms with Crippen LogP contribution < -0.4 is 0 Å². The summed E-state index contributed by atoms with van der Waals surface area (Å²) in [5.74, 6) is 0. The van der Waals surface area contributed by atoms with Gasteiger partial charge in [0.2, 0.25) is 0 Å². The van der Waals surface area contributed by atoms with Crippen LogP contribution in [0.2, 0.25) is 0 Å². The lowest BCUT2D eigenvalue weighted by molar-refractivity contribution is 0.661. The predicted octanol–water partition coefficient (Wildman–Crippen LogP) is 16.1. The van der Waals surface area contributed by atoms with Crippen molar-refractivity contribution in [2.45, 2.75) is 33.1 Å². The molecule has 64 heavy (non-hydrogen) atoms. The van der Waals surface area contributed by atoms with Crippen LogP contribution in [0.5, 0.6) is 0 Å². The van der Waals surface area contributed by atoms with Gasteiger partial charge in [-0.3, -0.25) is 9.97 Å². The molecule has 0 bridgehead atoms. The van der Waals surface area contributed by atoms with E-state index in [-0.39, 0.29) is 5.41 Å². The van der Waals surface area contributed by atoms with Crippen LogP contribution in [-0.2, 0) is 5.41 Å². The van der Waals surface area contributed by atoms with Crippen LogP contribution >= 0.6 is 0 Å². The zero-order valence-electron chi connectivity index (χ0n) is 36.2. The SMILES string of the molecule is Cc1cc(-c2ccc3c(c2)c2ccccc2n3-c2ccccc2)ccc1-c1c(C)cc2ccc3c4c(cc5ccc1c2c53)C(C)(C)c1cc(-c2ccc(-c3cccnc3)nc2)ccc1-4. The molecule has 302 valence electrons. The number of hydrogen-bond donors (Lipinski definition) is 0. The summed E-state index contributed by atoms with van der Waals surface area (Å²) in [7, 11) is 0. The number of aromatic nitrogens is 3. The highest BCUT2D eigenvalue weighted by Crippen LogP contribution is 2.55. The number of fused-ring (bicyclic) bond motifs is 7. The van der Waals surface area contributed by atoms with Crippen LogP contribution in [-0.4, -0.2) is 14.5 Å². The zero-order valence-corrected chi connectivity index (χ0v) is 36.2. The topological polar surface area (TPSA) is 30.7 Å². The molecule has 3 nitrogen and oxygen atoms in total. The Bertz CT molecular complexity index is 3860. The first-order valence-corrected chi connectivity index (χ1v) is 22.3. The Hall–Kier alpha value is -7.88. The third kappa shape index (κ3) is 5.28. The molecule has 0 saturated carbocycles. The van der Waals surface area contributed by atoms with Gasteiger partial charge in [0.15, 0.2) is 0 Å². The fourth-order valence-corrected chi connectivity index (χ4v) is 11.2. The Balaban J connectivity index is 0.916. The molecule has 3 heteroatoms. The molecule has 0 saturated heterocycles. The first-order chi connectivity index (χ1) is 31.3. The van der Waals surface area contributed by atoms with Crippen molar-refractivity contribution < 1.29 is 0 Å². The fourth-order valence-electron chi connectivity index (χ4n) is 11.2. The lowest BCUT2D eigenvalue weighted by Gasteiger charge is -2.24. The monoisotopic (exact) mass is 817 g/mol. The maximum Gasteiger partial charge on any atom is 0.0717 e. The van der Waals surface area contributed by atoms with E-state index in [0.29, 0.717) is 0 Å². The summed E-state index contributed by atoms with van der Waals surface area (Å²) in [6.07, 6.45) is 5.65. The van der Waals surface area contributed by atoms with E-state index in [1.54, 1.807) is 6.20 Å². The van der Waals surface area contributed by atoms with E-state index in [2.05, 4.69) is 201 Å². The second kappa shape index (κ2) is 13.6. The van der Waals surface area contributed by atoms with Gasteiger partial charge < -0.3 is 4.57 Å². The highest BCUT2D eigenvalue weighted by atomic mass is 15.0. The van der Waals surface area contributed by atoms with Gasteiger partial charge in [0, 0.05) is 51.6 Å². The van der Waals surface area contributed by atoms with Gasteiger partial charge >= 0.3 is 0 Å². The molecule has 13 rings (SSSR count). The van der Waals surface area contributed by atoms with Crippen LogP contribution in [0.1, 0.15) is 36.1 Å². The van der Waals surface area contributed by atoms with Crippen molar-refractivity contribution in [1.29, 1.82) is 0 Å². The van der Waals surface area contributed by atoms with Crippen molar-refractivity contribution >= 4 is 54.1 Å². The minimum atomic E-state index is -0.168. The molecular weight excluding hydrogens is 775 g/mol. The molecule has 12 aromatic rings. The Labute approximate surface area is 372 Å². The van der Waals surface area contributed by atoms with Gasteiger partial charge in [-0.15, -0.1) is 0 Å². The average molecular weight is 818 g/mol. The minimum Gasteiger partial charge on any atom is -0.309 e. The molecule has 9 aromatic carbocycles. The van der Waals surface area contributed by atoms with E-state index in [1.165, 1.54) is 121 Å². The summed E-state index contributed by atoms with van der Waals surface area (Å²) in [4.78, 5) is 9.12. The van der Waals surface area contributed by atoms with E-state index in [9.17, 15) is 0 Å². The molecule has 0 aliphatic heterocycles. The number of hydrogen-bond acceptors (Lipinski definition) is 2. The van der Waals surface area contributed by atoms with Crippen molar-refractivity contribution in [3.8, 4) is 61.5 Å². The van der Waals surface area contributed by atoms with Gasteiger partial charge in [-0.1, -0.05) is 123 Å². The maximum absolute atomic E-state index is 4.83. The number of rotatable bonds is 5. The average Bonchev–Trinajstić information content (AvgIpc) is 3.78. The van der Waals surface area contributed by atoms with Crippen molar-refractivity contribution in [1.82, 2.24) is 14.5 Å². The lowest BCUT2D eigenvalue weighted by Crippen LogP contribution is -2.15. The third-order valence-electron chi connectivity index (χ3n) is 14.3. The molecule has 0 radical (unpaired) electrons. The highest BCUT2D eigenvalue weighted by Gasteiger charge is 2.37. The second-order valence-corrected chi connectivity index (χ2v) is 18.3. The van der Waals surface area contributed by atoms with E-state index >= 15 is 0 Å². The normalized spacial score (nSPS) is 13.1. The number of aryl methyl sites for hydroxylation is 2. The molecule has 0 amide bonds. The zero-order chi connectivity index (χ0) is 42.8. The second-order valence-electron chi connectivity index (χ2n) is 18.3. The first kappa shape index (κ1) is 36.7. The molecule has 0 fully saturated rings. The Morgan fingerprint density at radius 1 is 0.438 bits per heavy atom. The highest BCUT2D eigenvalue weighted by molar-refractivity contribution is 6.29. The Kier molecular flexibility index (Phi) is 7.78. The summed E-state index contributed by atoms with van der Waals surface area (Å²) in [6.45, 7) is 9.33. The molecule has 0 atom stereocenters. The van der Waals surface area contributed by atoms with Crippen LogP contribution in [0.15, 0.2) is 188 Å². The standard InChI is InChI=1S/C61H43N3/c1-36-29-38(39-21-27-56-51(31-39)47-14-8-9-15-55(47)64(56)45-12-6-5-7-13-45)16-22-46(36)57-37(2)30-41-18-25-50-59-42(19-24-49(57)58(41)59)33-53-60(50)48-23-17-40(32-52(48)61(53,3)4)43-20-26-54(63-35-43)44-11-10-28-62-34-44/h5-35H,1-4H3. The quantitative estimate of drug-likeness (QED) is 0.162. The van der Waals surface area contributed by atoms with Gasteiger partial charge in [-0.2, -0.15) is 0 Å². The van der Waals surface area contributed by atoms with Crippen LogP contribution in [0, 0.1) is 13.8 Å². The van der Waals surface area contributed by atoms with E-state index in [1.807, 2.05) is 18.5 Å². The number of nitrogens with zero attached hydrogens (tertiary/aromatic N) is 3. The van der Waals surface area contributed by atoms with E-state index < -0.39 is 0 Å². The third-order valence-corrected chi connectivity index (χ3v) is 14.3.